The molecule has 0 amide bonds. The van der Waals surface area contributed by atoms with Gasteiger partial charge in [0, 0.05) is 45.8 Å². The molecule has 1 unspecified atom stereocenters. The van der Waals surface area contributed by atoms with Gasteiger partial charge >= 0.3 is 6.18 Å². The van der Waals surface area contributed by atoms with Crippen LogP contribution in [0.4, 0.5) is 13.2 Å². The van der Waals surface area contributed by atoms with Crippen LogP contribution in [0.2, 0.25) is 0 Å². The molecular formula is C22H35F3IN5. The molecule has 1 aromatic carbocycles. The standard InChI is InChI=1S/C22H34F3N5.HI/c1-26-21(27-14-18-6-4-10-29(2)15-18)28-20-8-11-30(12-9-20)16-17-5-3-7-19(13-17)22(23,24)25;/h3,5,7,13,18,20H,4,6,8-12,14-16H2,1-2H3,(H2,26,27,28);1H. The van der Waals surface area contributed by atoms with Crippen LogP contribution in [-0.4, -0.2) is 68.6 Å². The fourth-order valence-corrected chi connectivity index (χ4v) is 4.41. The number of rotatable bonds is 5. The third-order valence-electron chi connectivity index (χ3n) is 6.09. The summed E-state index contributed by atoms with van der Waals surface area (Å²) in [5, 5.41) is 6.99. The van der Waals surface area contributed by atoms with E-state index in [0.29, 0.717) is 24.1 Å². The molecule has 0 aliphatic carbocycles. The Hall–Kier alpha value is -1.07. The lowest BCUT2D eigenvalue weighted by molar-refractivity contribution is -0.137. The maximum absolute atomic E-state index is 12.9. The summed E-state index contributed by atoms with van der Waals surface area (Å²) >= 11 is 0. The van der Waals surface area contributed by atoms with Gasteiger partial charge in [0.25, 0.3) is 0 Å². The van der Waals surface area contributed by atoms with Crippen LogP contribution >= 0.6 is 24.0 Å². The van der Waals surface area contributed by atoms with Crippen molar-refractivity contribution in [3.8, 4) is 0 Å². The number of hydrogen-bond donors (Lipinski definition) is 2. The quantitative estimate of drug-likeness (QED) is 0.331. The van der Waals surface area contributed by atoms with Crippen LogP contribution in [0.25, 0.3) is 0 Å². The predicted molar refractivity (Wildman–Crippen MR) is 130 cm³/mol. The van der Waals surface area contributed by atoms with Crippen LogP contribution in [0.5, 0.6) is 0 Å². The Morgan fingerprint density at radius 2 is 1.90 bits per heavy atom. The summed E-state index contributed by atoms with van der Waals surface area (Å²) in [7, 11) is 3.97. The van der Waals surface area contributed by atoms with Crippen LogP contribution < -0.4 is 10.6 Å². The summed E-state index contributed by atoms with van der Waals surface area (Å²) < 4.78 is 38.7. The third kappa shape index (κ3) is 8.42. The molecule has 5 nitrogen and oxygen atoms in total. The molecule has 176 valence electrons. The number of piperidine rings is 2. The monoisotopic (exact) mass is 553 g/mol. The van der Waals surface area contributed by atoms with Crippen molar-refractivity contribution in [2.75, 3.05) is 46.8 Å². The maximum atomic E-state index is 12.9. The molecule has 2 saturated heterocycles. The Bertz CT molecular complexity index is 705. The SMILES string of the molecule is CN=C(NCC1CCCN(C)C1)NC1CCN(Cc2cccc(C(F)(F)F)c2)CC1.I. The van der Waals surface area contributed by atoms with Crippen LogP contribution in [0.1, 0.15) is 36.8 Å². The first-order valence-corrected chi connectivity index (χ1v) is 10.9. The fourth-order valence-electron chi connectivity index (χ4n) is 4.41. The fraction of sp³-hybridized carbons (Fsp3) is 0.682. The van der Waals surface area contributed by atoms with E-state index in [1.807, 2.05) is 0 Å². The van der Waals surface area contributed by atoms with Gasteiger partial charge in [-0.2, -0.15) is 13.2 Å². The lowest BCUT2D eigenvalue weighted by Crippen LogP contribution is -2.50. The molecule has 31 heavy (non-hydrogen) atoms. The topological polar surface area (TPSA) is 42.9 Å². The van der Waals surface area contributed by atoms with Gasteiger partial charge in [-0.3, -0.25) is 9.89 Å². The van der Waals surface area contributed by atoms with Crippen molar-refractivity contribution < 1.29 is 13.2 Å². The molecule has 2 heterocycles. The molecule has 9 heteroatoms. The van der Waals surface area contributed by atoms with Crippen LogP contribution in [0, 0.1) is 5.92 Å². The van der Waals surface area contributed by atoms with Gasteiger partial charge in [0.2, 0.25) is 0 Å². The third-order valence-corrected chi connectivity index (χ3v) is 6.09. The largest absolute Gasteiger partial charge is 0.416 e. The molecule has 0 radical (unpaired) electrons. The van der Waals surface area contributed by atoms with Crippen LogP contribution in [0.3, 0.4) is 0 Å². The van der Waals surface area contributed by atoms with Gasteiger partial charge in [0.1, 0.15) is 0 Å². The molecule has 0 bridgehead atoms. The smallest absolute Gasteiger partial charge is 0.356 e. The van der Waals surface area contributed by atoms with Gasteiger partial charge < -0.3 is 15.5 Å². The van der Waals surface area contributed by atoms with Crippen molar-refractivity contribution in [1.29, 1.82) is 0 Å². The average molecular weight is 553 g/mol. The molecule has 2 N–H and O–H groups in total. The van der Waals surface area contributed by atoms with E-state index in [2.05, 4.69) is 32.5 Å². The number of halogens is 4. The lowest BCUT2D eigenvalue weighted by Gasteiger charge is -2.34. The van der Waals surface area contributed by atoms with Crippen molar-refractivity contribution in [2.24, 2.45) is 10.9 Å². The van der Waals surface area contributed by atoms with Crippen molar-refractivity contribution >= 4 is 29.9 Å². The van der Waals surface area contributed by atoms with E-state index in [4.69, 9.17) is 0 Å². The zero-order chi connectivity index (χ0) is 21.6. The summed E-state index contributed by atoms with van der Waals surface area (Å²) in [5.74, 6) is 1.50. The molecule has 2 aliphatic rings. The Kier molecular flexibility index (Phi) is 10.3. The summed E-state index contributed by atoms with van der Waals surface area (Å²) in [6.07, 6.45) is 0.113. The molecule has 1 atom stereocenters. The van der Waals surface area contributed by atoms with E-state index in [9.17, 15) is 13.2 Å². The number of hydrogen-bond acceptors (Lipinski definition) is 3. The van der Waals surface area contributed by atoms with E-state index >= 15 is 0 Å². The van der Waals surface area contributed by atoms with E-state index in [1.165, 1.54) is 31.5 Å². The second-order valence-corrected chi connectivity index (χ2v) is 8.62. The molecule has 3 rings (SSSR count). The van der Waals surface area contributed by atoms with Gasteiger partial charge in [0.05, 0.1) is 5.56 Å². The van der Waals surface area contributed by atoms with E-state index in [1.54, 1.807) is 13.1 Å². The highest BCUT2D eigenvalue weighted by Gasteiger charge is 2.30. The zero-order valence-electron chi connectivity index (χ0n) is 18.4. The zero-order valence-corrected chi connectivity index (χ0v) is 20.7. The van der Waals surface area contributed by atoms with E-state index < -0.39 is 11.7 Å². The normalized spacial score (nSPS) is 22.1. The minimum Gasteiger partial charge on any atom is -0.356 e. The number of nitrogens with zero attached hydrogens (tertiary/aromatic N) is 3. The Labute approximate surface area is 200 Å². The highest BCUT2D eigenvalue weighted by Crippen LogP contribution is 2.30. The molecule has 0 spiro atoms. The minimum absolute atomic E-state index is 0. The number of guanidine groups is 1. The van der Waals surface area contributed by atoms with Gasteiger partial charge in [-0.05, 0) is 56.8 Å². The summed E-state index contributed by atoms with van der Waals surface area (Å²) in [6, 6.07) is 5.99. The molecule has 2 aliphatic heterocycles. The summed E-state index contributed by atoms with van der Waals surface area (Å²) in [4.78, 5) is 8.97. The number of aliphatic imine (C=N–C) groups is 1. The summed E-state index contributed by atoms with van der Waals surface area (Å²) in [5.41, 5.74) is 0.141. The highest BCUT2D eigenvalue weighted by molar-refractivity contribution is 14.0. The van der Waals surface area contributed by atoms with Crippen molar-refractivity contribution in [3.63, 3.8) is 0 Å². The van der Waals surface area contributed by atoms with Crippen LogP contribution in [-0.2, 0) is 12.7 Å². The van der Waals surface area contributed by atoms with Gasteiger partial charge in [-0.25, -0.2) is 0 Å². The van der Waals surface area contributed by atoms with E-state index in [0.717, 1.165) is 51.0 Å². The van der Waals surface area contributed by atoms with Crippen molar-refractivity contribution in [3.05, 3.63) is 35.4 Å². The average Bonchev–Trinajstić information content (AvgIpc) is 2.72. The molecule has 0 saturated carbocycles. The highest BCUT2D eigenvalue weighted by atomic mass is 127. The number of alkyl halides is 3. The van der Waals surface area contributed by atoms with E-state index in [-0.39, 0.29) is 24.0 Å². The maximum Gasteiger partial charge on any atom is 0.416 e. The summed E-state index contributed by atoms with van der Waals surface area (Å²) in [6.45, 7) is 5.51. The first-order chi connectivity index (χ1) is 14.3. The Balaban J connectivity index is 0.00000341. The minimum atomic E-state index is -4.29. The molecule has 1 aromatic rings. The Morgan fingerprint density at radius 1 is 1.16 bits per heavy atom. The van der Waals surface area contributed by atoms with Crippen LogP contribution in [0.15, 0.2) is 29.3 Å². The molecular weight excluding hydrogens is 518 g/mol. The van der Waals surface area contributed by atoms with Gasteiger partial charge in [0.15, 0.2) is 5.96 Å². The Morgan fingerprint density at radius 3 is 2.55 bits per heavy atom. The van der Waals surface area contributed by atoms with Gasteiger partial charge in [-0.15, -0.1) is 24.0 Å². The second-order valence-electron chi connectivity index (χ2n) is 8.62. The molecule has 2 fully saturated rings. The van der Waals surface area contributed by atoms with Crippen molar-refractivity contribution in [2.45, 2.75) is 44.4 Å². The van der Waals surface area contributed by atoms with Gasteiger partial charge in [-0.1, -0.05) is 18.2 Å². The second kappa shape index (κ2) is 12.2. The number of nitrogens with one attached hydrogen (secondary N) is 2. The predicted octanol–water partition coefficient (Wildman–Crippen LogP) is 3.79. The molecule has 0 aromatic heterocycles. The lowest BCUT2D eigenvalue weighted by atomic mass is 9.98. The number of likely N-dealkylation sites (tertiary alicyclic amines) is 2. The number of benzene rings is 1. The first-order valence-electron chi connectivity index (χ1n) is 10.9. The first kappa shape index (κ1) is 26.2. The van der Waals surface area contributed by atoms with Crippen molar-refractivity contribution in [1.82, 2.24) is 20.4 Å².